The summed E-state index contributed by atoms with van der Waals surface area (Å²) in [6.45, 7) is 13.2. The molecule has 0 aliphatic rings. The first-order chi connectivity index (χ1) is 18.6. The minimum atomic E-state index is -4.25. The summed E-state index contributed by atoms with van der Waals surface area (Å²) in [6.07, 6.45) is 0.968. The quantitative estimate of drug-likeness (QED) is 0.135. The van der Waals surface area contributed by atoms with Gasteiger partial charge < -0.3 is 33.8 Å². The fourth-order valence-corrected chi connectivity index (χ4v) is 6.35. The van der Waals surface area contributed by atoms with E-state index in [1.165, 1.54) is 26.5 Å². The van der Waals surface area contributed by atoms with Gasteiger partial charge in [-0.25, -0.2) is 20.0 Å². The van der Waals surface area contributed by atoms with Gasteiger partial charge in [0.2, 0.25) is 5.66 Å². The van der Waals surface area contributed by atoms with Crippen LogP contribution in [0.3, 0.4) is 0 Å². The van der Waals surface area contributed by atoms with Crippen molar-refractivity contribution in [1.29, 1.82) is 0 Å². The lowest BCUT2D eigenvalue weighted by molar-refractivity contribution is -0.158. The molecule has 40 heavy (non-hydrogen) atoms. The van der Waals surface area contributed by atoms with Gasteiger partial charge in [-0.05, 0) is 54.9 Å². The number of nitrogens with one attached hydrogen (secondary N) is 1. The molecule has 0 aromatic carbocycles. The Balaban J connectivity index is 2.41. The molecule has 14 nitrogen and oxygen atoms in total. The summed E-state index contributed by atoms with van der Waals surface area (Å²) in [4.78, 5) is 51.5. The summed E-state index contributed by atoms with van der Waals surface area (Å²) in [5.74, 6) is -2.60. The van der Waals surface area contributed by atoms with Crippen LogP contribution in [0.4, 0.5) is 5.82 Å². The van der Waals surface area contributed by atoms with Gasteiger partial charge >= 0.3 is 17.9 Å². The zero-order valence-corrected chi connectivity index (χ0v) is 25.3. The second-order valence-electron chi connectivity index (χ2n) is 10.5. The lowest BCUT2D eigenvalue weighted by Crippen LogP contribution is -2.51. The minimum absolute atomic E-state index is 0.142. The van der Waals surface area contributed by atoms with Crippen molar-refractivity contribution in [1.82, 2.24) is 24.6 Å². The van der Waals surface area contributed by atoms with Crippen LogP contribution in [0, 0.1) is 0 Å². The lowest BCUT2D eigenvalue weighted by atomic mass is 10.1. The Morgan fingerprint density at radius 3 is 2.20 bits per heavy atom. The van der Waals surface area contributed by atoms with Crippen molar-refractivity contribution in [2.45, 2.75) is 97.9 Å². The first kappa shape index (κ1) is 33.1. The Bertz CT molecular complexity index is 1210. The fraction of sp³-hybridized carbons (Fsp3) is 0.680. The van der Waals surface area contributed by atoms with Gasteiger partial charge in [0, 0.05) is 0 Å². The Kier molecular flexibility index (Phi) is 11.6. The second kappa shape index (κ2) is 14.0. The van der Waals surface area contributed by atoms with Crippen molar-refractivity contribution in [3.63, 3.8) is 0 Å². The van der Waals surface area contributed by atoms with E-state index in [1.807, 2.05) is 6.92 Å². The number of ether oxygens (including phenoxy) is 4. The van der Waals surface area contributed by atoms with Gasteiger partial charge in [-0.2, -0.15) is 0 Å². The molecule has 0 bridgehead atoms. The van der Waals surface area contributed by atoms with Gasteiger partial charge in [-0.15, -0.1) is 0 Å². The van der Waals surface area contributed by atoms with Gasteiger partial charge in [0.15, 0.2) is 18.8 Å². The molecule has 0 radical (unpaired) electrons. The van der Waals surface area contributed by atoms with Crippen molar-refractivity contribution in [2.24, 2.45) is 0 Å². The summed E-state index contributed by atoms with van der Waals surface area (Å²) in [5.41, 5.74) is 3.30. The van der Waals surface area contributed by atoms with E-state index < -0.39 is 61.1 Å². The molecule has 0 fully saturated rings. The second-order valence-corrected chi connectivity index (χ2v) is 13.1. The van der Waals surface area contributed by atoms with E-state index in [1.54, 1.807) is 39.2 Å². The van der Waals surface area contributed by atoms with E-state index in [9.17, 15) is 18.9 Å². The summed E-state index contributed by atoms with van der Waals surface area (Å²) in [5, 5.41) is 2.74. The van der Waals surface area contributed by atoms with Crippen molar-refractivity contribution in [2.75, 3.05) is 18.7 Å². The number of nitrogen functional groups attached to an aromatic ring is 1. The number of hydrogen-bond acceptors (Lipinski definition) is 12. The zero-order chi connectivity index (χ0) is 30.3. The number of esters is 3. The molecule has 2 heterocycles. The Morgan fingerprint density at radius 1 is 1.05 bits per heavy atom. The van der Waals surface area contributed by atoms with E-state index in [4.69, 9.17) is 24.7 Å². The zero-order valence-electron chi connectivity index (χ0n) is 24.4. The van der Waals surface area contributed by atoms with E-state index in [0.29, 0.717) is 17.6 Å². The number of imidazole rings is 1. The molecule has 0 aliphatic carbocycles. The summed E-state index contributed by atoms with van der Waals surface area (Å²) in [6, 6.07) is 0. The van der Waals surface area contributed by atoms with Crippen LogP contribution in [0.5, 0.6) is 0 Å². The van der Waals surface area contributed by atoms with Crippen molar-refractivity contribution >= 4 is 42.2 Å². The molecule has 0 saturated carbocycles. The molecular weight excluding hydrogens is 543 g/mol. The van der Waals surface area contributed by atoms with Crippen LogP contribution < -0.4 is 10.8 Å². The predicted molar refractivity (Wildman–Crippen MR) is 147 cm³/mol. The number of anilines is 1. The molecule has 3 N–H and O–H groups in total. The largest absolute Gasteiger partial charge is 0.464 e. The third-order valence-corrected chi connectivity index (χ3v) is 8.14. The van der Waals surface area contributed by atoms with Crippen LogP contribution in [0.1, 0.15) is 61.8 Å². The monoisotopic (exact) mass is 584 g/mol. The average molecular weight is 585 g/mol. The molecule has 0 aliphatic heterocycles. The average Bonchev–Trinajstić information content (AvgIpc) is 3.23. The highest BCUT2D eigenvalue weighted by molar-refractivity contribution is 7.64. The molecule has 2 aromatic rings. The molecule has 0 saturated heterocycles. The lowest BCUT2D eigenvalue weighted by Gasteiger charge is -2.34. The van der Waals surface area contributed by atoms with Crippen LogP contribution in [0.25, 0.3) is 11.2 Å². The highest BCUT2D eigenvalue weighted by Crippen LogP contribution is 2.50. The summed E-state index contributed by atoms with van der Waals surface area (Å²) in [7, 11) is -4.25. The normalized spacial score (nSPS) is 14.4. The number of fused-ring (bicyclic) bond motifs is 1. The molecule has 2 atom stereocenters. The first-order valence-electron chi connectivity index (χ1n) is 13.1. The van der Waals surface area contributed by atoms with E-state index in [2.05, 4.69) is 20.0 Å². The number of aromatic nitrogens is 4. The van der Waals surface area contributed by atoms with E-state index in [-0.39, 0.29) is 19.0 Å². The molecule has 224 valence electrons. The minimum Gasteiger partial charge on any atom is -0.464 e. The predicted octanol–water partition coefficient (Wildman–Crippen LogP) is 2.64. The molecule has 0 spiro atoms. The topological polar surface area (TPSA) is 187 Å². The van der Waals surface area contributed by atoms with E-state index in [0.717, 1.165) is 0 Å². The standard InChI is InChI=1S/C25H41N6O8P/c1-9-10-36-24(34)25(7,8)30-40(35,19(22(32)38-15(2)3)23(33)39-16(4)5)14-37-17(6)11-31-13-29-18-20(26)27-12-28-21(18)31/h12-13,15-17,19H,9-11,14H2,1-8H3,(H,30,35)(H2,26,27,28)/t17-,40-/m0/s1. The Morgan fingerprint density at radius 2 is 1.65 bits per heavy atom. The number of nitrogens with two attached hydrogens (primary N) is 1. The smallest absolute Gasteiger partial charge is 0.329 e. The number of carbonyl (C=O) groups excluding carboxylic acids is 3. The number of carbonyl (C=O) groups is 3. The van der Waals surface area contributed by atoms with Gasteiger partial charge in [0.25, 0.3) is 0 Å². The van der Waals surface area contributed by atoms with E-state index >= 15 is 0 Å². The number of rotatable bonds is 15. The highest BCUT2D eigenvalue weighted by Gasteiger charge is 2.51. The summed E-state index contributed by atoms with van der Waals surface area (Å²) >= 11 is 0. The SMILES string of the molecule is CCCOC(=O)C(C)(C)N[P@](=O)(CO[C@@H](C)Cn1cnc2c(N)ncnc21)C(C(=O)OC(C)C)C(=O)OC(C)C. The fourth-order valence-electron chi connectivity index (χ4n) is 3.70. The molecule has 2 aromatic heterocycles. The molecule has 0 unspecified atom stereocenters. The third kappa shape index (κ3) is 8.70. The van der Waals surface area contributed by atoms with Gasteiger partial charge in [0.05, 0.1) is 37.8 Å². The Labute approximate surface area is 234 Å². The maximum Gasteiger partial charge on any atom is 0.329 e. The van der Waals surface area contributed by atoms with Crippen molar-refractivity contribution < 1.29 is 37.9 Å². The van der Waals surface area contributed by atoms with Crippen LogP contribution in [-0.2, 0) is 44.4 Å². The number of hydrogen-bond donors (Lipinski definition) is 2. The summed E-state index contributed by atoms with van der Waals surface area (Å²) < 4.78 is 38.1. The number of nitrogens with zero attached hydrogens (tertiary/aromatic N) is 4. The van der Waals surface area contributed by atoms with Crippen molar-refractivity contribution in [3.05, 3.63) is 12.7 Å². The maximum atomic E-state index is 14.6. The first-order valence-corrected chi connectivity index (χ1v) is 15.1. The van der Waals surface area contributed by atoms with Gasteiger partial charge in [-0.3, -0.25) is 14.4 Å². The molecule has 2 rings (SSSR count). The highest BCUT2D eigenvalue weighted by atomic mass is 31.2. The maximum absolute atomic E-state index is 14.6. The van der Waals surface area contributed by atoms with Crippen LogP contribution in [-0.4, -0.2) is 79.9 Å². The van der Waals surface area contributed by atoms with Crippen LogP contribution in [0.15, 0.2) is 12.7 Å². The molecule has 15 heteroatoms. The third-order valence-electron chi connectivity index (χ3n) is 5.42. The van der Waals surface area contributed by atoms with Crippen LogP contribution >= 0.6 is 7.29 Å². The van der Waals surface area contributed by atoms with Gasteiger partial charge in [0.1, 0.15) is 23.7 Å². The van der Waals surface area contributed by atoms with Crippen LogP contribution in [0.2, 0.25) is 0 Å². The van der Waals surface area contributed by atoms with Crippen molar-refractivity contribution in [3.8, 4) is 0 Å². The molecule has 0 amide bonds. The molecular formula is C25H41N6O8P. The Hall–Kier alpha value is -3.09. The van der Waals surface area contributed by atoms with Gasteiger partial charge in [-0.1, -0.05) is 6.92 Å².